The number of hydrogen-bond donors (Lipinski definition) is 0. The van der Waals surface area contributed by atoms with E-state index in [1.165, 1.54) is 32.1 Å². The first kappa shape index (κ1) is 11.7. The molecule has 19 heavy (non-hydrogen) atoms. The predicted octanol–water partition coefficient (Wildman–Crippen LogP) is 3.26. The molecule has 0 amide bonds. The van der Waals surface area contributed by atoms with E-state index in [2.05, 4.69) is 30.2 Å². The second-order valence-electron chi connectivity index (χ2n) is 5.64. The fourth-order valence-corrected chi connectivity index (χ4v) is 4.14. The number of hydrogen-bond acceptors (Lipinski definition) is 3. The minimum Gasteiger partial charge on any atom is -0.350 e. The van der Waals surface area contributed by atoms with Gasteiger partial charge in [-0.2, -0.15) is 0 Å². The zero-order chi connectivity index (χ0) is 12.8. The van der Waals surface area contributed by atoms with Crippen molar-refractivity contribution in [3.05, 3.63) is 23.2 Å². The molecule has 5 heteroatoms. The number of halogens is 1. The standard InChI is InChI=1S/C14H17BrN4/c15-12-9-18-8-6-16-13(18)14(17-12)19-7-5-10-3-1-2-4-11(10)19/h6,8-11H,1-5,7H2. The second kappa shape index (κ2) is 4.47. The SMILES string of the molecule is Brc1cn2ccnc2c(N2CCC3CCCCC32)n1. The van der Waals surface area contributed by atoms with Crippen molar-refractivity contribution in [1.29, 1.82) is 0 Å². The summed E-state index contributed by atoms with van der Waals surface area (Å²) in [6, 6.07) is 0.677. The highest BCUT2D eigenvalue weighted by Gasteiger charge is 2.37. The molecule has 2 atom stereocenters. The van der Waals surface area contributed by atoms with E-state index in [4.69, 9.17) is 4.98 Å². The Balaban J connectivity index is 1.79. The summed E-state index contributed by atoms with van der Waals surface area (Å²) in [6.07, 6.45) is 12.6. The van der Waals surface area contributed by atoms with Crippen molar-refractivity contribution < 1.29 is 0 Å². The third-order valence-electron chi connectivity index (χ3n) is 4.61. The second-order valence-corrected chi connectivity index (χ2v) is 6.45. The van der Waals surface area contributed by atoms with Crippen LogP contribution in [0, 0.1) is 5.92 Å². The van der Waals surface area contributed by atoms with Crippen LogP contribution in [0.15, 0.2) is 23.2 Å². The lowest BCUT2D eigenvalue weighted by Crippen LogP contribution is -2.35. The van der Waals surface area contributed by atoms with Gasteiger partial charge in [-0.1, -0.05) is 12.8 Å². The molecule has 0 spiro atoms. The molecule has 1 aliphatic carbocycles. The summed E-state index contributed by atoms with van der Waals surface area (Å²) >= 11 is 3.52. The maximum Gasteiger partial charge on any atom is 0.180 e. The van der Waals surface area contributed by atoms with E-state index >= 15 is 0 Å². The van der Waals surface area contributed by atoms with E-state index in [0.29, 0.717) is 6.04 Å². The molecule has 2 aromatic heterocycles. The smallest absolute Gasteiger partial charge is 0.180 e. The van der Waals surface area contributed by atoms with Crippen LogP contribution in [0.2, 0.25) is 0 Å². The molecule has 0 radical (unpaired) electrons. The highest BCUT2D eigenvalue weighted by atomic mass is 79.9. The number of nitrogens with zero attached hydrogens (tertiary/aromatic N) is 4. The lowest BCUT2D eigenvalue weighted by Gasteiger charge is -2.32. The quantitative estimate of drug-likeness (QED) is 0.808. The van der Waals surface area contributed by atoms with Gasteiger partial charge in [0.05, 0.1) is 0 Å². The summed E-state index contributed by atoms with van der Waals surface area (Å²) < 4.78 is 2.94. The Kier molecular flexibility index (Phi) is 2.76. The molecule has 4 rings (SSSR count). The maximum absolute atomic E-state index is 4.71. The van der Waals surface area contributed by atoms with Crippen LogP contribution in [0.4, 0.5) is 5.82 Å². The molecule has 1 saturated carbocycles. The van der Waals surface area contributed by atoms with E-state index in [1.54, 1.807) is 0 Å². The maximum atomic E-state index is 4.71. The van der Waals surface area contributed by atoms with E-state index in [1.807, 2.05) is 18.6 Å². The molecule has 4 nitrogen and oxygen atoms in total. The number of rotatable bonds is 1. The van der Waals surface area contributed by atoms with Gasteiger partial charge in [0.15, 0.2) is 11.5 Å². The van der Waals surface area contributed by atoms with Crippen LogP contribution in [0.1, 0.15) is 32.1 Å². The van der Waals surface area contributed by atoms with Crippen LogP contribution in [0.3, 0.4) is 0 Å². The molecule has 0 bridgehead atoms. The predicted molar refractivity (Wildman–Crippen MR) is 78.4 cm³/mol. The molecule has 100 valence electrons. The lowest BCUT2D eigenvalue weighted by molar-refractivity contribution is 0.341. The highest BCUT2D eigenvalue weighted by molar-refractivity contribution is 9.10. The average Bonchev–Trinajstić information content (AvgIpc) is 3.03. The van der Waals surface area contributed by atoms with Gasteiger partial charge in [-0.15, -0.1) is 0 Å². The van der Waals surface area contributed by atoms with E-state index < -0.39 is 0 Å². The Morgan fingerprint density at radius 3 is 3.05 bits per heavy atom. The minimum atomic E-state index is 0.677. The zero-order valence-corrected chi connectivity index (χ0v) is 12.4. The summed E-state index contributed by atoms with van der Waals surface area (Å²) in [5.41, 5.74) is 0.981. The normalized spacial score (nSPS) is 26.9. The molecule has 2 aromatic rings. The highest BCUT2D eigenvalue weighted by Crippen LogP contribution is 2.39. The van der Waals surface area contributed by atoms with Crippen LogP contribution >= 0.6 is 15.9 Å². The van der Waals surface area contributed by atoms with Crippen LogP contribution in [-0.2, 0) is 0 Å². The van der Waals surface area contributed by atoms with Crippen molar-refractivity contribution in [2.24, 2.45) is 5.92 Å². The molecular formula is C14H17BrN4. The largest absolute Gasteiger partial charge is 0.350 e. The van der Waals surface area contributed by atoms with Gasteiger partial charge in [0.25, 0.3) is 0 Å². The third-order valence-corrected chi connectivity index (χ3v) is 4.99. The summed E-state index contributed by atoms with van der Waals surface area (Å²) in [4.78, 5) is 11.7. The van der Waals surface area contributed by atoms with E-state index in [0.717, 1.165) is 28.5 Å². The van der Waals surface area contributed by atoms with Crippen molar-refractivity contribution in [2.45, 2.75) is 38.1 Å². The first-order valence-electron chi connectivity index (χ1n) is 7.09. The van der Waals surface area contributed by atoms with Crippen molar-refractivity contribution in [3.8, 4) is 0 Å². The Hall–Kier alpha value is -1.10. The van der Waals surface area contributed by atoms with Gasteiger partial charge in [0.1, 0.15) is 4.60 Å². The Labute approximate surface area is 121 Å². The van der Waals surface area contributed by atoms with Gasteiger partial charge in [-0.05, 0) is 41.1 Å². The number of anilines is 1. The van der Waals surface area contributed by atoms with Gasteiger partial charge in [-0.3, -0.25) is 0 Å². The van der Waals surface area contributed by atoms with E-state index in [9.17, 15) is 0 Å². The molecule has 2 unspecified atom stereocenters. The van der Waals surface area contributed by atoms with Gasteiger partial charge >= 0.3 is 0 Å². The molecule has 2 aliphatic rings. The number of aromatic nitrogens is 3. The van der Waals surface area contributed by atoms with Crippen molar-refractivity contribution >= 4 is 27.4 Å². The van der Waals surface area contributed by atoms with Crippen LogP contribution < -0.4 is 4.90 Å². The molecule has 3 heterocycles. The van der Waals surface area contributed by atoms with Crippen molar-refractivity contribution in [1.82, 2.24) is 14.4 Å². The first-order valence-corrected chi connectivity index (χ1v) is 7.88. The fourth-order valence-electron chi connectivity index (χ4n) is 3.75. The Bertz CT molecular complexity index is 609. The Morgan fingerprint density at radius 2 is 2.11 bits per heavy atom. The van der Waals surface area contributed by atoms with Gasteiger partial charge in [-0.25, -0.2) is 9.97 Å². The summed E-state index contributed by atoms with van der Waals surface area (Å²) in [5, 5.41) is 0. The van der Waals surface area contributed by atoms with Gasteiger partial charge < -0.3 is 9.30 Å². The number of imidazole rings is 1. The lowest BCUT2D eigenvalue weighted by atomic mass is 9.85. The van der Waals surface area contributed by atoms with Gasteiger partial charge in [0, 0.05) is 31.2 Å². The topological polar surface area (TPSA) is 33.4 Å². The zero-order valence-electron chi connectivity index (χ0n) is 10.8. The monoisotopic (exact) mass is 320 g/mol. The molecule has 0 N–H and O–H groups in total. The summed E-state index contributed by atoms with van der Waals surface area (Å²) in [6.45, 7) is 1.13. The van der Waals surface area contributed by atoms with Crippen molar-refractivity contribution in [2.75, 3.05) is 11.4 Å². The van der Waals surface area contributed by atoms with Crippen LogP contribution in [0.25, 0.3) is 5.65 Å². The fraction of sp³-hybridized carbons (Fsp3) is 0.571. The first-order chi connectivity index (χ1) is 9.33. The van der Waals surface area contributed by atoms with E-state index in [-0.39, 0.29) is 0 Å². The van der Waals surface area contributed by atoms with Gasteiger partial charge in [0.2, 0.25) is 0 Å². The molecule has 1 aliphatic heterocycles. The molecular weight excluding hydrogens is 304 g/mol. The molecule has 2 fully saturated rings. The number of fused-ring (bicyclic) bond motifs is 2. The van der Waals surface area contributed by atoms with Crippen molar-refractivity contribution in [3.63, 3.8) is 0 Å². The van der Waals surface area contributed by atoms with Crippen LogP contribution in [-0.4, -0.2) is 27.0 Å². The third kappa shape index (κ3) is 1.86. The minimum absolute atomic E-state index is 0.677. The average molecular weight is 321 g/mol. The van der Waals surface area contributed by atoms with Crippen LogP contribution in [0.5, 0.6) is 0 Å². The summed E-state index contributed by atoms with van der Waals surface area (Å²) in [7, 11) is 0. The molecule has 0 aromatic carbocycles. The summed E-state index contributed by atoms with van der Waals surface area (Å²) in [5.74, 6) is 1.92. The molecule has 1 saturated heterocycles. The Morgan fingerprint density at radius 1 is 1.21 bits per heavy atom.